The van der Waals surface area contributed by atoms with Gasteiger partial charge in [0.2, 0.25) is 0 Å². The number of rotatable bonds is 1. The highest BCUT2D eigenvalue weighted by molar-refractivity contribution is 6.29. The number of hydrogen-bond donors (Lipinski definition) is 0. The molecule has 0 amide bonds. The highest BCUT2D eigenvalue weighted by atomic mass is 35.5. The van der Waals surface area contributed by atoms with E-state index in [-0.39, 0.29) is 5.78 Å². The zero-order valence-electron chi connectivity index (χ0n) is 8.93. The minimum atomic E-state index is 0.152. The third-order valence-corrected chi connectivity index (χ3v) is 3.02. The third-order valence-electron chi connectivity index (χ3n) is 2.82. The molecule has 0 spiro atoms. The first-order valence-corrected chi connectivity index (χ1v) is 5.73. The molecule has 0 saturated heterocycles. The molecule has 0 bridgehead atoms. The van der Waals surface area contributed by atoms with Crippen LogP contribution in [0.4, 0.5) is 0 Å². The Morgan fingerprint density at radius 3 is 2.88 bits per heavy atom. The summed E-state index contributed by atoms with van der Waals surface area (Å²) in [6, 6.07) is 3.39. The number of halogens is 1. The number of ketones is 1. The normalized spacial score (nSPS) is 14.8. The van der Waals surface area contributed by atoms with Crippen molar-refractivity contribution in [1.29, 1.82) is 0 Å². The van der Waals surface area contributed by atoms with Crippen molar-refractivity contribution in [2.45, 2.75) is 19.3 Å². The van der Waals surface area contributed by atoms with Crippen LogP contribution in [0.15, 0.2) is 18.3 Å². The van der Waals surface area contributed by atoms with Gasteiger partial charge >= 0.3 is 0 Å². The van der Waals surface area contributed by atoms with Crippen molar-refractivity contribution in [1.82, 2.24) is 20.0 Å². The van der Waals surface area contributed by atoms with Crippen molar-refractivity contribution in [3.8, 4) is 5.82 Å². The Balaban J connectivity index is 2.10. The number of carbonyl (C=O) groups excluding carboxylic acids is 1. The van der Waals surface area contributed by atoms with Gasteiger partial charge in [-0.05, 0) is 25.0 Å². The molecule has 0 unspecified atom stereocenters. The van der Waals surface area contributed by atoms with Crippen molar-refractivity contribution in [3.63, 3.8) is 0 Å². The van der Waals surface area contributed by atoms with Crippen LogP contribution in [0, 0.1) is 0 Å². The van der Waals surface area contributed by atoms with Crippen LogP contribution >= 0.6 is 11.6 Å². The average molecular weight is 249 g/mol. The molecule has 2 aromatic rings. The van der Waals surface area contributed by atoms with Gasteiger partial charge in [-0.25, -0.2) is 4.68 Å². The lowest BCUT2D eigenvalue weighted by Crippen LogP contribution is -2.13. The lowest BCUT2D eigenvalue weighted by atomic mass is 9.97. The molecule has 0 aromatic carbocycles. The number of aromatic nitrogens is 4. The first-order chi connectivity index (χ1) is 8.25. The Labute approximate surface area is 102 Å². The fourth-order valence-corrected chi connectivity index (χ4v) is 2.12. The van der Waals surface area contributed by atoms with Crippen LogP contribution in [0.3, 0.4) is 0 Å². The van der Waals surface area contributed by atoms with E-state index in [1.54, 1.807) is 23.0 Å². The summed E-state index contributed by atoms with van der Waals surface area (Å²) in [5.41, 5.74) is 1.62. The van der Waals surface area contributed by atoms with Gasteiger partial charge in [0, 0.05) is 6.42 Å². The quantitative estimate of drug-likeness (QED) is 0.773. The number of carbonyl (C=O) groups is 1. The molecule has 3 rings (SSSR count). The van der Waals surface area contributed by atoms with Crippen molar-refractivity contribution < 1.29 is 4.79 Å². The predicted octanol–water partition coefficient (Wildman–Crippen LogP) is 1.83. The van der Waals surface area contributed by atoms with Crippen LogP contribution in [-0.4, -0.2) is 25.8 Å². The van der Waals surface area contributed by atoms with E-state index in [1.165, 1.54) is 0 Å². The second-order valence-electron chi connectivity index (χ2n) is 3.91. The zero-order chi connectivity index (χ0) is 11.8. The molecule has 0 fully saturated rings. The number of fused-ring (bicyclic) bond motifs is 1. The van der Waals surface area contributed by atoms with Gasteiger partial charge in [0.1, 0.15) is 0 Å². The summed E-state index contributed by atoms with van der Waals surface area (Å²) >= 11 is 5.68. The van der Waals surface area contributed by atoms with E-state index in [2.05, 4.69) is 15.3 Å². The minimum Gasteiger partial charge on any atom is -0.294 e. The van der Waals surface area contributed by atoms with Crippen molar-refractivity contribution in [2.75, 3.05) is 0 Å². The van der Waals surface area contributed by atoms with Gasteiger partial charge in [0.15, 0.2) is 16.8 Å². The Morgan fingerprint density at radius 2 is 2.12 bits per heavy atom. The molecule has 0 radical (unpaired) electrons. The largest absolute Gasteiger partial charge is 0.294 e. The van der Waals surface area contributed by atoms with Gasteiger partial charge in [0.05, 0.1) is 17.5 Å². The van der Waals surface area contributed by atoms with Gasteiger partial charge in [-0.2, -0.15) is 5.10 Å². The summed E-state index contributed by atoms with van der Waals surface area (Å²) in [4.78, 5) is 11.7. The molecule has 2 heterocycles. The maximum Gasteiger partial charge on any atom is 0.176 e. The lowest BCUT2D eigenvalue weighted by Gasteiger charge is -2.12. The monoisotopic (exact) mass is 248 g/mol. The molecule has 0 N–H and O–H groups in total. The number of nitrogens with zero attached hydrogens (tertiary/aromatic N) is 4. The summed E-state index contributed by atoms with van der Waals surface area (Å²) in [7, 11) is 0. The van der Waals surface area contributed by atoms with E-state index in [0.717, 1.165) is 18.5 Å². The highest BCUT2D eigenvalue weighted by Gasteiger charge is 2.22. The summed E-state index contributed by atoms with van der Waals surface area (Å²) in [6.07, 6.45) is 3.90. The van der Waals surface area contributed by atoms with Crippen molar-refractivity contribution in [2.24, 2.45) is 0 Å². The second kappa shape index (κ2) is 3.92. The smallest absolute Gasteiger partial charge is 0.176 e. The molecular weight excluding hydrogens is 240 g/mol. The van der Waals surface area contributed by atoms with Crippen LogP contribution < -0.4 is 0 Å². The van der Waals surface area contributed by atoms with Gasteiger partial charge < -0.3 is 0 Å². The van der Waals surface area contributed by atoms with E-state index in [1.807, 2.05) is 0 Å². The second-order valence-corrected chi connectivity index (χ2v) is 4.29. The minimum absolute atomic E-state index is 0.152. The van der Waals surface area contributed by atoms with E-state index in [9.17, 15) is 4.79 Å². The van der Waals surface area contributed by atoms with Gasteiger partial charge in [-0.3, -0.25) is 4.79 Å². The van der Waals surface area contributed by atoms with Gasteiger partial charge in [-0.15, -0.1) is 10.2 Å². The van der Waals surface area contributed by atoms with Gasteiger partial charge in [-0.1, -0.05) is 11.6 Å². The topological polar surface area (TPSA) is 60.7 Å². The molecular formula is C11H9ClN4O. The maximum absolute atomic E-state index is 11.7. The fourth-order valence-electron chi connectivity index (χ4n) is 2.02. The summed E-state index contributed by atoms with van der Waals surface area (Å²) in [5.74, 6) is 0.741. The molecule has 2 aromatic heterocycles. The Kier molecular flexibility index (Phi) is 2.40. The predicted molar refractivity (Wildman–Crippen MR) is 61.4 cm³/mol. The molecule has 17 heavy (non-hydrogen) atoms. The van der Waals surface area contributed by atoms with Crippen molar-refractivity contribution in [3.05, 3.63) is 34.7 Å². The van der Waals surface area contributed by atoms with Crippen LogP contribution in [0.25, 0.3) is 5.82 Å². The average Bonchev–Trinajstić information content (AvgIpc) is 2.75. The fraction of sp³-hybridized carbons (Fsp3) is 0.273. The molecule has 6 heteroatoms. The third kappa shape index (κ3) is 1.72. The molecule has 5 nitrogen and oxygen atoms in total. The number of hydrogen-bond acceptors (Lipinski definition) is 4. The van der Waals surface area contributed by atoms with Crippen LogP contribution in [-0.2, 0) is 6.42 Å². The molecule has 0 saturated carbocycles. The summed E-state index contributed by atoms with van der Waals surface area (Å²) < 4.78 is 1.66. The molecule has 0 atom stereocenters. The van der Waals surface area contributed by atoms with E-state index in [0.29, 0.717) is 23.0 Å². The number of Topliss-reactive ketones (excluding diaryl/α,β-unsaturated/α-hetero) is 1. The van der Waals surface area contributed by atoms with E-state index < -0.39 is 0 Å². The van der Waals surface area contributed by atoms with E-state index >= 15 is 0 Å². The Hall–Kier alpha value is -1.75. The van der Waals surface area contributed by atoms with Crippen LogP contribution in [0.2, 0.25) is 5.15 Å². The first-order valence-electron chi connectivity index (χ1n) is 5.35. The molecule has 86 valence electrons. The van der Waals surface area contributed by atoms with Crippen LogP contribution in [0.5, 0.6) is 0 Å². The Bertz CT molecular complexity index is 576. The first kappa shape index (κ1) is 10.4. The zero-order valence-corrected chi connectivity index (χ0v) is 9.68. The maximum atomic E-state index is 11.7. The molecule has 1 aliphatic rings. The van der Waals surface area contributed by atoms with Gasteiger partial charge in [0.25, 0.3) is 0 Å². The standard InChI is InChI=1S/C11H9ClN4O/c12-10-4-5-11(15-14-10)16-8-2-1-3-9(17)7(8)6-13-16/h4-6H,1-3H2. The molecule has 1 aliphatic carbocycles. The highest BCUT2D eigenvalue weighted by Crippen LogP contribution is 2.22. The summed E-state index contributed by atoms with van der Waals surface area (Å²) in [6.45, 7) is 0. The van der Waals surface area contributed by atoms with Crippen LogP contribution in [0.1, 0.15) is 28.9 Å². The summed E-state index contributed by atoms with van der Waals surface area (Å²) in [5, 5.41) is 12.3. The molecule has 0 aliphatic heterocycles. The lowest BCUT2D eigenvalue weighted by molar-refractivity contribution is 0.0972. The van der Waals surface area contributed by atoms with E-state index in [4.69, 9.17) is 11.6 Å². The Morgan fingerprint density at radius 1 is 1.24 bits per heavy atom. The van der Waals surface area contributed by atoms with Crippen molar-refractivity contribution >= 4 is 17.4 Å². The SMILES string of the molecule is O=C1CCCc2c1cnn2-c1ccc(Cl)nn1.